The smallest absolute Gasteiger partial charge is 0.247 e. The SMILES string of the molecule is CCC/C(=C\c1ccncc1C)C(=O)NCC1CC1(CC)CCC. The number of aromatic nitrogens is 1. The van der Waals surface area contributed by atoms with Crippen LogP contribution in [0.3, 0.4) is 0 Å². The second-order valence-corrected chi connectivity index (χ2v) is 7.23. The van der Waals surface area contributed by atoms with Gasteiger partial charge in [0.15, 0.2) is 0 Å². The Hall–Kier alpha value is -1.64. The van der Waals surface area contributed by atoms with E-state index >= 15 is 0 Å². The average molecular weight is 329 g/mol. The van der Waals surface area contributed by atoms with Gasteiger partial charge >= 0.3 is 0 Å². The summed E-state index contributed by atoms with van der Waals surface area (Å²) in [6.45, 7) is 9.51. The van der Waals surface area contributed by atoms with Crippen molar-refractivity contribution in [2.24, 2.45) is 11.3 Å². The van der Waals surface area contributed by atoms with Crippen molar-refractivity contribution in [1.29, 1.82) is 0 Å². The Kier molecular flexibility index (Phi) is 6.59. The standard InChI is InChI=1S/C21H32N2O/c1-5-8-18(12-17-9-11-22-14-16(17)4)20(24)23-15-19-13-21(19,7-3)10-6-2/h9,11-12,14,19H,5-8,10,13,15H2,1-4H3,(H,23,24)/b18-12+. The van der Waals surface area contributed by atoms with Crippen LogP contribution in [-0.2, 0) is 4.79 Å². The normalized spacial score (nSPS) is 23.2. The minimum Gasteiger partial charge on any atom is -0.352 e. The Labute approximate surface area is 147 Å². The number of hydrogen-bond donors (Lipinski definition) is 1. The summed E-state index contributed by atoms with van der Waals surface area (Å²) in [6.07, 6.45) is 12.5. The van der Waals surface area contributed by atoms with Crippen LogP contribution in [0.4, 0.5) is 0 Å². The van der Waals surface area contributed by atoms with Gasteiger partial charge < -0.3 is 5.32 Å². The van der Waals surface area contributed by atoms with Gasteiger partial charge in [0.05, 0.1) is 0 Å². The summed E-state index contributed by atoms with van der Waals surface area (Å²) < 4.78 is 0. The summed E-state index contributed by atoms with van der Waals surface area (Å²) in [4.78, 5) is 16.8. The van der Waals surface area contributed by atoms with Crippen LogP contribution in [0.25, 0.3) is 6.08 Å². The maximum Gasteiger partial charge on any atom is 0.247 e. The summed E-state index contributed by atoms with van der Waals surface area (Å²) in [5.74, 6) is 0.762. The quantitative estimate of drug-likeness (QED) is 0.655. The molecule has 2 atom stereocenters. The van der Waals surface area contributed by atoms with Gasteiger partial charge in [0.25, 0.3) is 0 Å². The lowest BCUT2D eigenvalue weighted by molar-refractivity contribution is -0.117. The van der Waals surface area contributed by atoms with E-state index in [1.54, 1.807) is 6.20 Å². The van der Waals surface area contributed by atoms with Crippen molar-refractivity contribution >= 4 is 12.0 Å². The van der Waals surface area contributed by atoms with Crippen molar-refractivity contribution in [2.45, 2.75) is 66.2 Å². The fraction of sp³-hybridized carbons (Fsp3) is 0.619. The molecule has 0 saturated heterocycles. The maximum absolute atomic E-state index is 12.6. The molecule has 1 N–H and O–H groups in total. The molecule has 1 aromatic rings. The number of nitrogens with one attached hydrogen (secondary N) is 1. The molecule has 0 aromatic carbocycles. The van der Waals surface area contributed by atoms with E-state index in [-0.39, 0.29) is 5.91 Å². The first-order chi connectivity index (χ1) is 11.6. The lowest BCUT2D eigenvalue weighted by atomic mass is 9.94. The molecular weight excluding hydrogens is 296 g/mol. The number of carbonyl (C=O) groups is 1. The van der Waals surface area contributed by atoms with Gasteiger partial charge in [-0.05, 0) is 60.8 Å². The van der Waals surface area contributed by atoms with Crippen LogP contribution in [0.1, 0.15) is 70.4 Å². The number of hydrogen-bond acceptors (Lipinski definition) is 2. The minimum absolute atomic E-state index is 0.0986. The molecule has 0 aliphatic heterocycles. The largest absolute Gasteiger partial charge is 0.352 e. The van der Waals surface area contributed by atoms with Crippen molar-refractivity contribution in [3.05, 3.63) is 35.2 Å². The number of pyridine rings is 1. The fourth-order valence-corrected chi connectivity index (χ4v) is 3.82. The molecule has 1 aromatic heterocycles. The van der Waals surface area contributed by atoms with Gasteiger partial charge in [-0.25, -0.2) is 0 Å². The molecule has 24 heavy (non-hydrogen) atoms. The van der Waals surface area contributed by atoms with Crippen LogP contribution in [0.15, 0.2) is 24.0 Å². The van der Waals surface area contributed by atoms with Crippen molar-refractivity contribution in [3.8, 4) is 0 Å². The van der Waals surface area contributed by atoms with Crippen molar-refractivity contribution in [1.82, 2.24) is 10.3 Å². The Morgan fingerprint density at radius 3 is 2.79 bits per heavy atom. The van der Waals surface area contributed by atoms with Gasteiger partial charge in [0.2, 0.25) is 5.91 Å². The van der Waals surface area contributed by atoms with E-state index in [4.69, 9.17) is 0 Å². The minimum atomic E-state index is 0.0986. The van der Waals surface area contributed by atoms with Gasteiger partial charge in [0, 0.05) is 24.5 Å². The molecule has 132 valence electrons. The first-order valence-electron chi connectivity index (χ1n) is 9.45. The molecule has 2 rings (SSSR count). The van der Waals surface area contributed by atoms with Crippen LogP contribution < -0.4 is 5.32 Å². The molecule has 1 fully saturated rings. The number of nitrogens with zero attached hydrogens (tertiary/aromatic N) is 1. The van der Waals surface area contributed by atoms with Gasteiger partial charge in [-0.15, -0.1) is 0 Å². The van der Waals surface area contributed by atoms with Gasteiger partial charge in [-0.3, -0.25) is 9.78 Å². The van der Waals surface area contributed by atoms with Crippen molar-refractivity contribution < 1.29 is 4.79 Å². The van der Waals surface area contributed by atoms with Gasteiger partial charge in [-0.1, -0.05) is 40.0 Å². The number of carbonyl (C=O) groups excluding carboxylic acids is 1. The van der Waals surface area contributed by atoms with E-state index in [0.29, 0.717) is 11.3 Å². The highest BCUT2D eigenvalue weighted by Crippen LogP contribution is 2.57. The monoisotopic (exact) mass is 328 g/mol. The summed E-state index contributed by atoms with van der Waals surface area (Å²) >= 11 is 0. The predicted octanol–water partition coefficient (Wildman–Crippen LogP) is 4.91. The predicted molar refractivity (Wildman–Crippen MR) is 101 cm³/mol. The van der Waals surface area contributed by atoms with Gasteiger partial charge in [-0.2, -0.15) is 0 Å². The molecule has 3 heteroatoms. The number of amides is 1. The fourth-order valence-electron chi connectivity index (χ4n) is 3.82. The average Bonchev–Trinajstić information content (AvgIpc) is 3.28. The first-order valence-corrected chi connectivity index (χ1v) is 9.45. The highest BCUT2D eigenvalue weighted by Gasteiger charge is 2.51. The zero-order valence-electron chi connectivity index (χ0n) is 15.7. The highest BCUT2D eigenvalue weighted by molar-refractivity contribution is 5.98. The van der Waals surface area contributed by atoms with Crippen LogP contribution >= 0.6 is 0 Å². The maximum atomic E-state index is 12.6. The molecule has 0 spiro atoms. The lowest BCUT2D eigenvalue weighted by Crippen LogP contribution is -2.28. The molecule has 1 saturated carbocycles. The van der Waals surface area contributed by atoms with Crippen molar-refractivity contribution in [2.75, 3.05) is 6.54 Å². The molecule has 1 aliphatic carbocycles. The molecule has 2 unspecified atom stereocenters. The number of rotatable bonds is 9. The third-order valence-electron chi connectivity index (χ3n) is 5.52. The summed E-state index contributed by atoms with van der Waals surface area (Å²) in [5, 5.41) is 3.19. The number of aryl methyl sites for hydroxylation is 1. The third kappa shape index (κ3) is 4.46. The zero-order valence-corrected chi connectivity index (χ0v) is 15.7. The van der Waals surface area contributed by atoms with E-state index in [2.05, 4.69) is 31.1 Å². The molecule has 1 aliphatic rings. The van der Waals surface area contributed by atoms with E-state index in [1.807, 2.05) is 25.3 Å². The van der Waals surface area contributed by atoms with Crippen LogP contribution in [-0.4, -0.2) is 17.4 Å². The Bertz CT molecular complexity index is 593. The Morgan fingerprint density at radius 1 is 1.38 bits per heavy atom. The molecule has 0 radical (unpaired) electrons. The van der Waals surface area contributed by atoms with E-state index in [0.717, 1.165) is 36.1 Å². The second kappa shape index (κ2) is 8.46. The van der Waals surface area contributed by atoms with Crippen LogP contribution in [0.5, 0.6) is 0 Å². The summed E-state index contributed by atoms with van der Waals surface area (Å²) in [6, 6.07) is 1.97. The van der Waals surface area contributed by atoms with Crippen LogP contribution in [0.2, 0.25) is 0 Å². The lowest BCUT2D eigenvalue weighted by Gasteiger charge is -2.15. The van der Waals surface area contributed by atoms with E-state index in [1.165, 1.54) is 25.7 Å². The van der Waals surface area contributed by atoms with Crippen molar-refractivity contribution in [3.63, 3.8) is 0 Å². The Morgan fingerprint density at radius 2 is 2.17 bits per heavy atom. The van der Waals surface area contributed by atoms with E-state index < -0.39 is 0 Å². The molecular formula is C21H32N2O. The molecule has 1 heterocycles. The molecule has 1 amide bonds. The Balaban J connectivity index is 1.99. The first kappa shape index (κ1) is 18.7. The highest BCUT2D eigenvalue weighted by atomic mass is 16.1. The zero-order chi connectivity index (χ0) is 17.6. The molecule has 3 nitrogen and oxygen atoms in total. The molecule has 0 bridgehead atoms. The topological polar surface area (TPSA) is 42.0 Å². The summed E-state index contributed by atoms with van der Waals surface area (Å²) in [7, 11) is 0. The van der Waals surface area contributed by atoms with Gasteiger partial charge in [0.1, 0.15) is 0 Å². The third-order valence-corrected chi connectivity index (χ3v) is 5.52. The summed E-state index contributed by atoms with van der Waals surface area (Å²) in [5.41, 5.74) is 3.57. The van der Waals surface area contributed by atoms with Crippen LogP contribution in [0, 0.1) is 18.3 Å². The van der Waals surface area contributed by atoms with E-state index in [9.17, 15) is 4.79 Å². The second-order valence-electron chi connectivity index (χ2n) is 7.23.